The first-order chi connectivity index (χ1) is 20.8. The Balaban J connectivity index is 0.000000283. The van der Waals surface area contributed by atoms with Crippen LogP contribution in [0.3, 0.4) is 0 Å². The number of nitrogens with zero attached hydrogens (tertiary/aromatic N) is 5. The van der Waals surface area contributed by atoms with Crippen molar-refractivity contribution in [1.82, 2.24) is 24.4 Å². The molecule has 232 valence electrons. The number of benzene rings is 1. The number of rotatable bonds is 10. The average molecular weight is 611 g/mol. The van der Waals surface area contributed by atoms with Crippen LogP contribution in [0.4, 0.5) is 11.8 Å². The number of likely N-dealkylation sites (tertiary alicyclic amines) is 1. The molecule has 3 aromatic heterocycles. The van der Waals surface area contributed by atoms with Crippen LogP contribution in [-0.2, 0) is 21.0 Å². The number of anilines is 2. The largest absolute Gasteiger partial charge is 0.444 e. The first-order valence-corrected chi connectivity index (χ1v) is 16.5. The molecule has 4 aromatic rings. The van der Waals surface area contributed by atoms with Gasteiger partial charge in [-0.1, -0.05) is 37.5 Å². The standard InChI is InChI=1S/C24H29N7O.C6H13NO3S/c1-18-27-16-20(32-18)17-31-22-7-3-2-6-21(22)29-24(31)28-19-9-13-30(14-10-19)15-12-26-23-8-4-5-11-25-23;7-11(8,9)10-6-4-2-1-3-5-6/h2-8,11,16,19H,9-10,12-15,17H2,1H3,(H,25,26)(H,28,29);6H,1-5H2,(H2,7,8,9). The van der Waals surface area contributed by atoms with Gasteiger partial charge < -0.3 is 24.5 Å². The van der Waals surface area contributed by atoms with Crippen LogP contribution in [0.1, 0.15) is 56.6 Å². The molecular weight excluding hydrogens is 568 g/mol. The molecule has 4 heterocycles. The van der Waals surface area contributed by atoms with Crippen molar-refractivity contribution in [3.05, 3.63) is 66.5 Å². The van der Waals surface area contributed by atoms with E-state index in [2.05, 4.69) is 46.4 Å². The zero-order valence-electron chi connectivity index (χ0n) is 24.7. The number of aryl methyl sites for hydroxylation is 1. The highest BCUT2D eigenvalue weighted by Gasteiger charge is 2.22. The Bertz CT molecular complexity index is 1530. The highest BCUT2D eigenvalue weighted by molar-refractivity contribution is 7.84. The number of aromatic nitrogens is 4. The second-order valence-corrected chi connectivity index (χ2v) is 12.3. The smallest absolute Gasteiger partial charge is 0.333 e. The molecular formula is C30H42N8O4S. The molecule has 4 N–H and O–H groups in total. The maximum Gasteiger partial charge on any atom is 0.333 e. The topological polar surface area (TPSA) is 153 Å². The van der Waals surface area contributed by atoms with E-state index in [0.29, 0.717) is 18.5 Å². The molecule has 43 heavy (non-hydrogen) atoms. The highest BCUT2D eigenvalue weighted by Crippen LogP contribution is 2.24. The summed E-state index contributed by atoms with van der Waals surface area (Å²) in [5.74, 6) is 3.35. The zero-order chi connectivity index (χ0) is 30.1. The summed E-state index contributed by atoms with van der Waals surface area (Å²) in [5, 5.41) is 11.8. The van der Waals surface area contributed by atoms with Gasteiger partial charge in [0.15, 0.2) is 5.89 Å². The SMILES string of the molecule is Cc1ncc(Cn2c(NC3CCN(CCNc4ccccn4)CC3)nc3ccccc32)o1.NS(=O)(=O)OC1CCCCC1. The van der Waals surface area contributed by atoms with Crippen molar-refractivity contribution in [2.45, 2.75) is 70.6 Å². The molecule has 0 unspecified atom stereocenters. The van der Waals surface area contributed by atoms with Gasteiger partial charge in [0, 0.05) is 45.3 Å². The predicted molar refractivity (Wildman–Crippen MR) is 167 cm³/mol. The molecule has 0 bridgehead atoms. The van der Waals surface area contributed by atoms with E-state index in [1.54, 1.807) is 6.20 Å². The van der Waals surface area contributed by atoms with E-state index in [0.717, 1.165) is 93.3 Å². The Labute approximate surface area is 253 Å². The Hall–Kier alpha value is -3.52. The first kappa shape index (κ1) is 30.9. The van der Waals surface area contributed by atoms with Gasteiger partial charge >= 0.3 is 10.3 Å². The molecule has 12 nitrogen and oxygen atoms in total. The van der Waals surface area contributed by atoms with Gasteiger partial charge in [0.1, 0.15) is 11.6 Å². The summed E-state index contributed by atoms with van der Waals surface area (Å²) in [6.07, 6.45) is 10.5. The fourth-order valence-electron chi connectivity index (χ4n) is 5.62. The molecule has 0 amide bonds. The van der Waals surface area contributed by atoms with Gasteiger partial charge in [0.2, 0.25) is 5.95 Å². The van der Waals surface area contributed by atoms with Crippen LogP contribution in [0.5, 0.6) is 0 Å². The monoisotopic (exact) mass is 610 g/mol. The number of pyridine rings is 1. The molecule has 1 saturated carbocycles. The number of nitrogens with two attached hydrogens (primary N) is 1. The summed E-state index contributed by atoms with van der Waals surface area (Å²) >= 11 is 0. The number of hydrogen-bond donors (Lipinski definition) is 3. The lowest BCUT2D eigenvalue weighted by molar-refractivity contribution is 0.162. The van der Waals surface area contributed by atoms with Crippen molar-refractivity contribution >= 4 is 33.1 Å². The number of para-hydroxylation sites is 2. The third kappa shape index (κ3) is 9.48. The average Bonchev–Trinajstić information content (AvgIpc) is 3.57. The molecule has 0 spiro atoms. The van der Waals surface area contributed by atoms with Gasteiger partial charge in [-0.25, -0.2) is 20.1 Å². The van der Waals surface area contributed by atoms with Crippen LogP contribution in [0.25, 0.3) is 11.0 Å². The minimum absolute atomic E-state index is 0.168. The number of piperidine rings is 1. The molecule has 2 aliphatic rings. The van der Waals surface area contributed by atoms with Crippen molar-refractivity contribution in [1.29, 1.82) is 0 Å². The number of fused-ring (bicyclic) bond motifs is 1. The van der Waals surface area contributed by atoms with Crippen molar-refractivity contribution in [2.75, 3.05) is 36.8 Å². The Morgan fingerprint density at radius 1 is 1.02 bits per heavy atom. The quantitative estimate of drug-likeness (QED) is 0.237. The summed E-state index contributed by atoms with van der Waals surface area (Å²) in [6.45, 7) is 6.55. The molecule has 0 atom stereocenters. The Morgan fingerprint density at radius 2 is 1.79 bits per heavy atom. The van der Waals surface area contributed by atoms with E-state index in [1.165, 1.54) is 6.42 Å². The fourth-order valence-corrected chi connectivity index (χ4v) is 6.20. The lowest BCUT2D eigenvalue weighted by Gasteiger charge is -2.32. The van der Waals surface area contributed by atoms with Crippen LogP contribution in [0.15, 0.2) is 59.3 Å². The van der Waals surface area contributed by atoms with E-state index in [1.807, 2.05) is 43.5 Å². The van der Waals surface area contributed by atoms with Crippen LogP contribution < -0.4 is 15.8 Å². The van der Waals surface area contributed by atoms with Crippen molar-refractivity contribution in [3.63, 3.8) is 0 Å². The van der Waals surface area contributed by atoms with Crippen LogP contribution >= 0.6 is 0 Å². The summed E-state index contributed by atoms with van der Waals surface area (Å²) in [7, 11) is -3.72. The van der Waals surface area contributed by atoms with E-state index in [4.69, 9.17) is 14.5 Å². The predicted octanol–water partition coefficient (Wildman–Crippen LogP) is 4.30. The van der Waals surface area contributed by atoms with E-state index < -0.39 is 10.3 Å². The third-order valence-electron chi connectivity index (χ3n) is 7.78. The Morgan fingerprint density at radius 3 is 2.49 bits per heavy atom. The lowest BCUT2D eigenvalue weighted by Crippen LogP contribution is -2.41. The molecule has 1 aliphatic heterocycles. The molecule has 1 saturated heterocycles. The van der Waals surface area contributed by atoms with Crippen LogP contribution in [0, 0.1) is 6.92 Å². The van der Waals surface area contributed by atoms with E-state index in [9.17, 15) is 8.42 Å². The molecule has 13 heteroatoms. The first-order valence-electron chi connectivity index (χ1n) is 15.0. The molecule has 1 aliphatic carbocycles. The van der Waals surface area contributed by atoms with E-state index >= 15 is 0 Å². The van der Waals surface area contributed by atoms with Gasteiger partial charge in [0.25, 0.3) is 0 Å². The van der Waals surface area contributed by atoms with Crippen molar-refractivity contribution < 1.29 is 17.0 Å². The van der Waals surface area contributed by atoms with Gasteiger partial charge in [-0.3, -0.25) is 4.18 Å². The summed E-state index contributed by atoms with van der Waals surface area (Å²) in [4.78, 5) is 15.9. The minimum atomic E-state index is -3.72. The maximum absolute atomic E-state index is 10.5. The van der Waals surface area contributed by atoms with Crippen molar-refractivity contribution in [2.24, 2.45) is 5.14 Å². The number of nitrogens with one attached hydrogen (secondary N) is 2. The molecule has 0 radical (unpaired) electrons. The van der Waals surface area contributed by atoms with Crippen LogP contribution in [-0.4, -0.2) is 71.2 Å². The minimum Gasteiger partial charge on any atom is -0.444 e. The third-order valence-corrected chi connectivity index (χ3v) is 8.32. The zero-order valence-corrected chi connectivity index (χ0v) is 25.5. The normalized spacial score (nSPS) is 17.0. The van der Waals surface area contributed by atoms with E-state index in [-0.39, 0.29) is 6.10 Å². The van der Waals surface area contributed by atoms with Gasteiger partial charge in [0.05, 0.1) is 29.9 Å². The summed E-state index contributed by atoms with van der Waals surface area (Å²) in [6, 6.07) is 14.6. The fraction of sp³-hybridized carbons (Fsp3) is 0.500. The maximum atomic E-state index is 10.5. The number of imidazole rings is 1. The van der Waals surface area contributed by atoms with Gasteiger partial charge in [-0.2, -0.15) is 8.42 Å². The number of hydrogen-bond acceptors (Lipinski definition) is 10. The molecule has 2 fully saturated rings. The molecule has 1 aromatic carbocycles. The lowest BCUT2D eigenvalue weighted by atomic mass is 9.98. The summed E-state index contributed by atoms with van der Waals surface area (Å²) in [5.41, 5.74) is 2.09. The number of oxazole rings is 1. The highest BCUT2D eigenvalue weighted by atomic mass is 32.2. The Kier molecular flexibility index (Phi) is 10.6. The van der Waals surface area contributed by atoms with Crippen LogP contribution in [0.2, 0.25) is 0 Å². The second kappa shape index (κ2) is 14.8. The van der Waals surface area contributed by atoms with Crippen molar-refractivity contribution in [3.8, 4) is 0 Å². The second-order valence-electron chi connectivity index (χ2n) is 11.1. The molecule has 6 rings (SSSR count). The van der Waals surface area contributed by atoms with Gasteiger partial charge in [-0.15, -0.1) is 0 Å². The summed E-state index contributed by atoms with van der Waals surface area (Å²) < 4.78 is 33.5. The van der Waals surface area contributed by atoms with Gasteiger partial charge in [-0.05, 0) is 49.9 Å².